The number of thiocarbonyl (C=S) groups is 1. The minimum Gasteiger partial charge on any atom is -0.360 e. The SMILES string of the molecule is S=C(NC1CC1)N[C@@H]1CCCN(Cc2ccccc2)C1. The minimum atomic E-state index is 0.492. The molecule has 0 radical (unpaired) electrons. The van der Waals surface area contributed by atoms with E-state index in [4.69, 9.17) is 12.2 Å². The van der Waals surface area contributed by atoms with E-state index in [2.05, 4.69) is 45.9 Å². The van der Waals surface area contributed by atoms with E-state index in [0.29, 0.717) is 12.1 Å². The van der Waals surface area contributed by atoms with E-state index in [0.717, 1.165) is 18.2 Å². The second kappa shape index (κ2) is 6.55. The van der Waals surface area contributed by atoms with Crippen LogP contribution < -0.4 is 10.6 Å². The Morgan fingerprint density at radius 1 is 1.10 bits per heavy atom. The molecule has 4 heteroatoms. The van der Waals surface area contributed by atoms with Gasteiger partial charge in [-0.25, -0.2) is 0 Å². The second-order valence-corrected chi connectivity index (χ2v) is 6.36. The highest BCUT2D eigenvalue weighted by molar-refractivity contribution is 7.80. The van der Waals surface area contributed by atoms with Crippen LogP contribution in [0.15, 0.2) is 30.3 Å². The van der Waals surface area contributed by atoms with Crippen molar-refractivity contribution in [1.29, 1.82) is 0 Å². The molecular formula is C16H23N3S. The van der Waals surface area contributed by atoms with Crippen LogP contribution in [-0.4, -0.2) is 35.2 Å². The lowest BCUT2D eigenvalue weighted by Crippen LogP contribution is -2.50. The van der Waals surface area contributed by atoms with Gasteiger partial charge in [-0.15, -0.1) is 0 Å². The summed E-state index contributed by atoms with van der Waals surface area (Å²) in [7, 11) is 0. The molecule has 0 unspecified atom stereocenters. The Labute approximate surface area is 126 Å². The molecule has 0 bridgehead atoms. The average Bonchev–Trinajstić information content (AvgIpc) is 3.24. The van der Waals surface area contributed by atoms with Crippen LogP contribution in [0.5, 0.6) is 0 Å². The maximum Gasteiger partial charge on any atom is 0.166 e. The van der Waals surface area contributed by atoms with Gasteiger partial charge in [-0.2, -0.15) is 0 Å². The minimum absolute atomic E-state index is 0.492. The van der Waals surface area contributed by atoms with Crippen LogP contribution in [0.4, 0.5) is 0 Å². The maximum atomic E-state index is 5.38. The first-order valence-corrected chi connectivity index (χ1v) is 8.04. The third kappa shape index (κ3) is 4.18. The van der Waals surface area contributed by atoms with Crippen LogP contribution in [0.3, 0.4) is 0 Å². The first-order valence-electron chi connectivity index (χ1n) is 7.63. The van der Waals surface area contributed by atoms with Gasteiger partial charge in [-0.3, -0.25) is 4.90 Å². The highest BCUT2D eigenvalue weighted by atomic mass is 32.1. The Kier molecular flexibility index (Phi) is 4.53. The number of benzene rings is 1. The zero-order valence-corrected chi connectivity index (χ0v) is 12.7. The monoisotopic (exact) mass is 289 g/mol. The van der Waals surface area contributed by atoms with Crippen molar-refractivity contribution in [2.24, 2.45) is 0 Å². The molecule has 1 aromatic carbocycles. The number of rotatable bonds is 4. The number of piperidine rings is 1. The number of nitrogens with zero attached hydrogens (tertiary/aromatic N) is 1. The molecule has 3 nitrogen and oxygen atoms in total. The van der Waals surface area contributed by atoms with Crippen molar-refractivity contribution in [1.82, 2.24) is 15.5 Å². The summed E-state index contributed by atoms with van der Waals surface area (Å²) < 4.78 is 0. The number of likely N-dealkylation sites (tertiary alicyclic amines) is 1. The van der Waals surface area contributed by atoms with Gasteiger partial charge in [0.05, 0.1) is 0 Å². The molecule has 1 aliphatic heterocycles. The molecule has 2 fully saturated rings. The Morgan fingerprint density at radius 2 is 1.85 bits per heavy atom. The van der Waals surface area contributed by atoms with E-state index in [1.807, 2.05) is 0 Å². The molecule has 0 spiro atoms. The molecule has 20 heavy (non-hydrogen) atoms. The molecule has 3 rings (SSSR count). The standard InChI is InChI=1S/C16H23N3S/c20-16(17-14-8-9-14)18-15-7-4-10-19(12-15)11-13-5-2-1-3-6-13/h1-3,5-6,14-15H,4,7-12H2,(H2,17,18,20)/t15-/m1/s1. The predicted octanol–water partition coefficient (Wildman–Crippen LogP) is 2.28. The van der Waals surface area contributed by atoms with Gasteiger partial charge in [0.15, 0.2) is 5.11 Å². The lowest BCUT2D eigenvalue weighted by molar-refractivity contribution is 0.193. The van der Waals surface area contributed by atoms with E-state index in [1.54, 1.807) is 0 Å². The molecule has 1 aliphatic carbocycles. The molecule has 2 N–H and O–H groups in total. The van der Waals surface area contributed by atoms with Crippen molar-refractivity contribution in [2.45, 2.75) is 44.3 Å². The zero-order chi connectivity index (χ0) is 13.8. The molecule has 0 amide bonds. The summed E-state index contributed by atoms with van der Waals surface area (Å²) in [5.41, 5.74) is 1.40. The van der Waals surface area contributed by atoms with E-state index in [9.17, 15) is 0 Å². The summed E-state index contributed by atoms with van der Waals surface area (Å²) in [6.45, 7) is 3.32. The second-order valence-electron chi connectivity index (χ2n) is 5.95. The highest BCUT2D eigenvalue weighted by Crippen LogP contribution is 2.19. The molecule has 1 saturated carbocycles. The first kappa shape index (κ1) is 13.8. The van der Waals surface area contributed by atoms with Crippen LogP contribution in [0.1, 0.15) is 31.2 Å². The van der Waals surface area contributed by atoms with Crippen LogP contribution in [0.2, 0.25) is 0 Å². The quantitative estimate of drug-likeness (QED) is 0.832. The third-order valence-corrected chi connectivity index (χ3v) is 4.24. The van der Waals surface area contributed by atoms with Gasteiger partial charge in [-0.1, -0.05) is 30.3 Å². The molecule has 0 aromatic heterocycles. The number of nitrogens with one attached hydrogen (secondary N) is 2. The van der Waals surface area contributed by atoms with Gasteiger partial charge in [0.25, 0.3) is 0 Å². The molecular weight excluding hydrogens is 266 g/mol. The van der Waals surface area contributed by atoms with Gasteiger partial charge in [0, 0.05) is 25.2 Å². The van der Waals surface area contributed by atoms with Crippen molar-refractivity contribution in [3.05, 3.63) is 35.9 Å². The lowest BCUT2D eigenvalue weighted by Gasteiger charge is -2.33. The summed E-state index contributed by atoms with van der Waals surface area (Å²) in [5, 5.41) is 7.70. The summed E-state index contributed by atoms with van der Waals surface area (Å²) in [6.07, 6.45) is 5.01. The third-order valence-electron chi connectivity index (χ3n) is 4.00. The van der Waals surface area contributed by atoms with E-state index in [-0.39, 0.29) is 0 Å². The molecule has 108 valence electrons. The van der Waals surface area contributed by atoms with Crippen LogP contribution >= 0.6 is 12.2 Å². The zero-order valence-electron chi connectivity index (χ0n) is 11.8. The van der Waals surface area contributed by atoms with Crippen molar-refractivity contribution in [3.63, 3.8) is 0 Å². The molecule has 2 aliphatic rings. The molecule has 1 heterocycles. The van der Waals surface area contributed by atoms with E-state index < -0.39 is 0 Å². The fourth-order valence-electron chi connectivity index (χ4n) is 2.80. The summed E-state index contributed by atoms with van der Waals surface area (Å²) in [6, 6.07) is 11.8. The average molecular weight is 289 g/mol. The first-order chi connectivity index (χ1) is 9.79. The summed E-state index contributed by atoms with van der Waals surface area (Å²) >= 11 is 5.38. The fourth-order valence-corrected chi connectivity index (χ4v) is 3.13. The Bertz CT molecular complexity index is 444. The van der Waals surface area contributed by atoms with Crippen molar-refractivity contribution < 1.29 is 0 Å². The smallest absolute Gasteiger partial charge is 0.166 e. The normalized spacial score (nSPS) is 23.3. The Hall–Kier alpha value is -1.13. The number of hydrogen-bond donors (Lipinski definition) is 2. The maximum absolute atomic E-state index is 5.38. The summed E-state index contributed by atoms with van der Waals surface area (Å²) in [4.78, 5) is 2.52. The van der Waals surface area contributed by atoms with Crippen LogP contribution in [-0.2, 0) is 6.54 Å². The van der Waals surface area contributed by atoms with Gasteiger partial charge in [-0.05, 0) is 50.0 Å². The lowest BCUT2D eigenvalue weighted by atomic mass is 10.0. The van der Waals surface area contributed by atoms with Crippen LogP contribution in [0.25, 0.3) is 0 Å². The largest absolute Gasteiger partial charge is 0.360 e. The highest BCUT2D eigenvalue weighted by Gasteiger charge is 2.24. The Morgan fingerprint density at radius 3 is 2.60 bits per heavy atom. The number of hydrogen-bond acceptors (Lipinski definition) is 2. The van der Waals surface area contributed by atoms with Gasteiger partial charge < -0.3 is 10.6 Å². The van der Waals surface area contributed by atoms with E-state index >= 15 is 0 Å². The summed E-state index contributed by atoms with van der Waals surface area (Å²) in [5.74, 6) is 0. The van der Waals surface area contributed by atoms with Gasteiger partial charge >= 0.3 is 0 Å². The van der Waals surface area contributed by atoms with Gasteiger partial charge in [0.2, 0.25) is 0 Å². The topological polar surface area (TPSA) is 27.3 Å². The van der Waals surface area contributed by atoms with Crippen molar-refractivity contribution in [2.75, 3.05) is 13.1 Å². The molecule has 1 atom stereocenters. The van der Waals surface area contributed by atoms with Crippen LogP contribution in [0, 0.1) is 0 Å². The Balaban J connectivity index is 1.47. The molecule has 1 saturated heterocycles. The van der Waals surface area contributed by atoms with Crippen molar-refractivity contribution >= 4 is 17.3 Å². The molecule has 1 aromatic rings. The van der Waals surface area contributed by atoms with E-state index in [1.165, 1.54) is 37.8 Å². The van der Waals surface area contributed by atoms with Crippen molar-refractivity contribution in [3.8, 4) is 0 Å². The predicted molar refractivity (Wildman–Crippen MR) is 86.6 cm³/mol. The van der Waals surface area contributed by atoms with Gasteiger partial charge in [0.1, 0.15) is 0 Å². The fraction of sp³-hybridized carbons (Fsp3) is 0.562.